The van der Waals surface area contributed by atoms with E-state index in [0.29, 0.717) is 29.5 Å². The van der Waals surface area contributed by atoms with Gasteiger partial charge in [-0.2, -0.15) is 5.10 Å². The maximum absolute atomic E-state index is 13.1. The van der Waals surface area contributed by atoms with Gasteiger partial charge in [0.15, 0.2) is 4.77 Å². The number of hydrogen-bond acceptors (Lipinski definition) is 6. The van der Waals surface area contributed by atoms with Gasteiger partial charge in [0.2, 0.25) is 0 Å². The highest BCUT2D eigenvalue weighted by Crippen LogP contribution is 2.38. The van der Waals surface area contributed by atoms with E-state index in [1.807, 2.05) is 34.5 Å². The van der Waals surface area contributed by atoms with Gasteiger partial charge in [-0.3, -0.25) is 9.89 Å². The molecule has 2 fully saturated rings. The first-order valence-electron chi connectivity index (χ1n) is 10.2. The van der Waals surface area contributed by atoms with Crippen LogP contribution in [0.3, 0.4) is 0 Å². The summed E-state index contributed by atoms with van der Waals surface area (Å²) in [5.41, 5.74) is 3.37. The first kappa shape index (κ1) is 19.4. The zero-order valence-corrected chi connectivity index (χ0v) is 18.1. The SMILES string of the molecule is O=C(c1ccc(OCc2cscn2)cc1)N1CCCC(c2n[nH]c(=S)n2C2CC2)C1. The van der Waals surface area contributed by atoms with Crippen LogP contribution in [-0.4, -0.2) is 43.6 Å². The van der Waals surface area contributed by atoms with Crippen molar-refractivity contribution in [1.82, 2.24) is 24.6 Å². The van der Waals surface area contributed by atoms with Gasteiger partial charge in [-0.25, -0.2) is 4.98 Å². The van der Waals surface area contributed by atoms with Gasteiger partial charge in [0, 0.05) is 36.0 Å². The first-order chi connectivity index (χ1) is 14.7. The van der Waals surface area contributed by atoms with Crippen molar-refractivity contribution in [3.05, 3.63) is 57.0 Å². The summed E-state index contributed by atoms with van der Waals surface area (Å²) < 4.78 is 8.61. The van der Waals surface area contributed by atoms with E-state index >= 15 is 0 Å². The molecule has 1 aliphatic carbocycles. The number of rotatable bonds is 6. The zero-order chi connectivity index (χ0) is 20.5. The molecule has 30 heavy (non-hydrogen) atoms. The summed E-state index contributed by atoms with van der Waals surface area (Å²) in [6.45, 7) is 1.87. The Balaban J connectivity index is 1.25. The highest BCUT2D eigenvalue weighted by atomic mass is 32.1. The van der Waals surface area contributed by atoms with Crippen molar-refractivity contribution in [2.24, 2.45) is 0 Å². The van der Waals surface area contributed by atoms with Crippen LogP contribution in [0.5, 0.6) is 5.75 Å². The van der Waals surface area contributed by atoms with Crippen LogP contribution >= 0.6 is 23.6 Å². The fourth-order valence-corrected chi connectivity index (χ4v) is 4.84. The lowest BCUT2D eigenvalue weighted by atomic mass is 9.96. The maximum Gasteiger partial charge on any atom is 0.253 e. The van der Waals surface area contributed by atoms with Gasteiger partial charge in [0.1, 0.15) is 18.2 Å². The quantitative estimate of drug-likeness (QED) is 0.576. The minimum Gasteiger partial charge on any atom is -0.487 e. The summed E-state index contributed by atoms with van der Waals surface area (Å²) in [4.78, 5) is 19.2. The second kappa shape index (κ2) is 8.31. The van der Waals surface area contributed by atoms with Crippen LogP contribution in [0, 0.1) is 4.77 Å². The molecular formula is C21H23N5O2S2. The summed E-state index contributed by atoms with van der Waals surface area (Å²) in [5.74, 6) is 2.01. The number of H-pyrrole nitrogens is 1. The number of hydrogen-bond donors (Lipinski definition) is 1. The summed E-state index contributed by atoms with van der Waals surface area (Å²) in [6, 6.07) is 7.85. The number of piperidine rings is 1. The van der Waals surface area contributed by atoms with Gasteiger partial charge in [0.05, 0.1) is 11.2 Å². The van der Waals surface area contributed by atoms with Crippen molar-refractivity contribution in [2.45, 2.75) is 44.2 Å². The maximum atomic E-state index is 13.1. The first-order valence-corrected chi connectivity index (χ1v) is 11.6. The van der Waals surface area contributed by atoms with Crippen LogP contribution in [0.1, 0.15) is 59.5 Å². The molecular weight excluding hydrogens is 418 g/mol. The van der Waals surface area contributed by atoms with Crippen LogP contribution in [0.2, 0.25) is 0 Å². The molecule has 3 heterocycles. The highest BCUT2D eigenvalue weighted by Gasteiger charge is 2.33. The number of aromatic amines is 1. The number of benzene rings is 1. The topological polar surface area (TPSA) is 76.0 Å². The largest absolute Gasteiger partial charge is 0.487 e. The Morgan fingerprint density at radius 2 is 2.10 bits per heavy atom. The van der Waals surface area contributed by atoms with Crippen molar-refractivity contribution < 1.29 is 9.53 Å². The Kier molecular flexibility index (Phi) is 5.39. The second-order valence-corrected chi connectivity index (χ2v) is 8.98. The van der Waals surface area contributed by atoms with Gasteiger partial charge in [-0.1, -0.05) is 0 Å². The van der Waals surface area contributed by atoms with E-state index in [-0.39, 0.29) is 11.8 Å². The van der Waals surface area contributed by atoms with Gasteiger partial charge in [-0.15, -0.1) is 11.3 Å². The van der Waals surface area contributed by atoms with E-state index in [2.05, 4.69) is 19.7 Å². The van der Waals surface area contributed by atoms with E-state index in [1.165, 1.54) is 0 Å². The number of amides is 1. The molecule has 2 aliphatic rings. The fourth-order valence-electron chi connectivity index (χ4n) is 4.01. The number of nitrogens with one attached hydrogen (secondary N) is 1. The molecule has 5 rings (SSSR count). The smallest absolute Gasteiger partial charge is 0.253 e. The monoisotopic (exact) mass is 441 g/mol. The molecule has 9 heteroatoms. The number of likely N-dealkylation sites (tertiary alicyclic amines) is 1. The molecule has 0 radical (unpaired) electrons. The summed E-state index contributed by atoms with van der Waals surface area (Å²) in [5, 5.41) is 9.43. The summed E-state index contributed by atoms with van der Waals surface area (Å²) >= 11 is 6.97. The van der Waals surface area contributed by atoms with Gasteiger partial charge >= 0.3 is 0 Å². The Bertz CT molecular complexity index is 1070. The van der Waals surface area contributed by atoms with E-state index < -0.39 is 0 Å². The van der Waals surface area contributed by atoms with E-state index in [1.54, 1.807) is 16.8 Å². The Hall–Kier alpha value is -2.52. The van der Waals surface area contributed by atoms with Gasteiger partial charge < -0.3 is 14.2 Å². The van der Waals surface area contributed by atoms with Gasteiger partial charge in [-0.05, 0) is 62.2 Å². The minimum atomic E-state index is 0.0536. The molecule has 1 aromatic carbocycles. The molecule has 1 N–H and O–H groups in total. The molecule has 1 saturated heterocycles. The second-order valence-electron chi connectivity index (χ2n) is 7.87. The number of carbonyl (C=O) groups excluding carboxylic acids is 1. The third-order valence-electron chi connectivity index (χ3n) is 5.69. The van der Waals surface area contributed by atoms with Gasteiger partial charge in [0.25, 0.3) is 5.91 Å². The molecule has 156 valence electrons. The standard InChI is InChI=1S/C21H23N5O2S2/c27-20(14-3-7-18(8-4-14)28-11-16-12-30-13-22-16)25-9-1-2-15(10-25)19-23-24-21(29)26(19)17-5-6-17/h3-4,7-8,12-13,15,17H,1-2,5-6,9-11H2,(H,24,29). The van der Waals surface area contributed by atoms with Crippen LogP contribution in [0.25, 0.3) is 0 Å². The summed E-state index contributed by atoms with van der Waals surface area (Å²) in [6.07, 6.45) is 4.31. The normalized spacial score (nSPS) is 19.1. The molecule has 1 amide bonds. The molecule has 1 aliphatic heterocycles. The third kappa shape index (κ3) is 4.04. The minimum absolute atomic E-state index is 0.0536. The Morgan fingerprint density at radius 1 is 1.27 bits per heavy atom. The van der Waals surface area contributed by atoms with E-state index in [0.717, 1.165) is 49.5 Å². The lowest BCUT2D eigenvalue weighted by molar-refractivity contribution is 0.0703. The molecule has 1 saturated carbocycles. The van der Waals surface area contributed by atoms with Crippen LogP contribution in [0.15, 0.2) is 35.2 Å². The van der Waals surface area contributed by atoms with E-state index in [4.69, 9.17) is 17.0 Å². The molecule has 1 unspecified atom stereocenters. The number of aromatic nitrogens is 4. The number of nitrogens with zero attached hydrogens (tertiary/aromatic N) is 4. The molecule has 1 atom stereocenters. The third-order valence-corrected chi connectivity index (χ3v) is 6.61. The fraction of sp³-hybridized carbons (Fsp3) is 0.429. The Morgan fingerprint density at radius 3 is 2.83 bits per heavy atom. The predicted octanol–water partition coefficient (Wildman–Crippen LogP) is 4.33. The van der Waals surface area contributed by atoms with Crippen LogP contribution in [0.4, 0.5) is 0 Å². The molecule has 3 aromatic rings. The average Bonchev–Trinajstić information content (AvgIpc) is 3.33. The van der Waals surface area contributed by atoms with Crippen molar-refractivity contribution in [2.75, 3.05) is 13.1 Å². The molecule has 2 aromatic heterocycles. The summed E-state index contributed by atoms with van der Waals surface area (Å²) in [7, 11) is 0. The van der Waals surface area contributed by atoms with Crippen molar-refractivity contribution in [1.29, 1.82) is 0 Å². The number of ether oxygens (including phenoxy) is 1. The van der Waals surface area contributed by atoms with Crippen LogP contribution in [-0.2, 0) is 6.61 Å². The number of thiazole rings is 1. The zero-order valence-electron chi connectivity index (χ0n) is 16.5. The lowest BCUT2D eigenvalue weighted by Crippen LogP contribution is -2.39. The van der Waals surface area contributed by atoms with E-state index in [9.17, 15) is 4.79 Å². The molecule has 0 bridgehead atoms. The Labute approximate surface area is 183 Å². The van der Waals surface area contributed by atoms with Crippen molar-refractivity contribution in [3.8, 4) is 5.75 Å². The van der Waals surface area contributed by atoms with Crippen molar-refractivity contribution in [3.63, 3.8) is 0 Å². The molecule has 0 spiro atoms. The van der Waals surface area contributed by atoms with Crippen LogP contribution < -0.4 is 4.74 Å². The van der Waals surface area contributed by atoms with Crippen molar-refractivity contribution >= 4 is 29.5 Å². The number of carbonyl (C=O) groups is 1. The lowest BCUT2D eigenvalue weighted by Gasteiger charge is -2.32. The predicted molar refractivity (Wildman–Crippen MR) is 116 cm³/mol. The highest BCUT2D eigenvalue weighted by molar-refractivity contribution is 7.71. The average molecular weight is 442 g/mol. The molecule has 7 nitrogen and oxygen atoms in total.